The molecule has 1 atom stereocenters. The number of H-pyrrole nitrogens is 1. The van der Waals surface area contributed by atoms with Crippen molar-refractivity contribution in [1.82, 2.24) is 20.2 Å². The van der Waals surface area contributed by atoms with Crippen molar-refractivity contribution < 1.29 is 4.42 Å². The molecule has 0 aromatic carbocycles. The molecule has 0 radical (unpaired) electrons. The first-order chi connectivity index (χ1) is 8.74. The van der Waals surface area contributed by atoms with E-state index in [1.54, 1.807) is 6.20 Å². The van der Waals surface area contributed by atoms with Crippen molar-refractivity contribution in [3.8, 4) is 0 Å². The Morgan fingerprint density at radius 3 is 3.00 bits per heavy atom. The van der Waals surface area contributed by atoms with Crippen LogP contribution in [0.2, 0.25) is 0 Å². The van der Waals surface area contributed by atoms with Gasteiger partial charge in [-0.2, -0.15) is 5.10 Å². The summed E-state index contributed by atoms with van der Waals surface area (Å²) in [7, 11) is 0. The summed E-state index contributed by atoms with van der Waals surface area (Å²) >= 11 is 0. The molecule has 6 nitrogen and oxygen atoms in total. The molecule has 0 saturated carbocycles. The first-order valence-electron chi connectivity index (χ1n) is 5.71. The number of hydrogen-bond donors (Lipinski definition) is 2. The van der Waals surface area contributed by atoms with Gasteiger partial charge in [-0.1, -0.05) is 0 Å². The van der Waals surface area contributed by atoms with Gasteiger partial charge in [-0.15, -0.1) is 0 Å². The standard InChI is InChI=1S/C12H13N5O/c1-7-3-4-10(18-7)8(2)16-11-9-5-15-17-12(9)14-6-13-11/h3-6,8H,1-2H3,(H2,13,14,15,16,17). The second-order valence-corrected chi connectivity index (χ2v) is 4.17. The van der Waals surface area contributed by atoms with E-state index in [2.05, 4.69) is 25.5 Å². The van der Waals surface area contributed by atoms with Crippen LogP contribution in [0.25, 0.3) is 11.0 Å². The lowest BCUT2D eigenvalue weighted by molar-refractivity contribution is 0.466. The largest absolute Gasteiger partial charge is 0.464 e. The molecule has 3 rings (SSSR count). The predicted octanol–water partition coefficient (Wildman–Crippen LogP) is 2.43. The molecular weight excluding hydrogens is 230 g/mol. The summed E-state index contributed by atoms with van der Waals surface area (Å²) in [5.41, 5.74) is 0.718. The minimum absolute atomic E-state index is 0.0340. The van der Waals surface area contributed by atoms with E-state index in [1.165, 1.54) is 6.33 Å². The van der Waals surface area contributed by atoms with Crippen LogP contribution in [0.4, 0.5) is 5.82 Å². The Hall–Kier alpha value is -2.37. The van der Waals surface area contributed by atoms with Gasteiger partial charge in [-0.25, -0.2) is 9.97 Å². The van der Waals surface area contributed by atoms with Crippen LogP contribution < -0.4 is 5.32 Å². The molecule has 0 aliphatic heterocycles. The Morgan fingerprint density at radius 1 is 1.33 bits per heavy atom. The van der Waals surface area contributed by atoms with Crippen LogP contribution in [-0.2, 0) is 0 Å². The zero-order valence-corrected chi connectivity index (χ0v) is 10.1. The first kappa shape index (κ1) is 10.8. The fourth-order valence-corrected chi connectivity index (χ4v) is 1.84. The zero-order valence-electron chi connectivity index (χ0n) is 10.1. The summed E-state index contributed by atoms with van der Waals surface area (Å²) < 4.78 is 5.58. The Labute approximate surface area is 103 Å². The maximum absolute atomic E-state index is 5.58. The zero-order chi connectivity index (χ0) is 12.5. The summed E-state index contributed by atoms with van der Waals surface area (Å²) in [5, 5.41) is 10.9. The highest BCUT2D eigenvalue weighted by molar-refractivity contribution is 5.85. The predicted molar refractivity (Wildman–Crippen MR) is 67.2 cm³/mol. The van der Waals surface area contributed by atoms with Gasteiger partial charge < -0.3 is 9.73 Å². The van der Waals surface area contributed by atoms with Gasteiger partial charge in [-0.05, 0) is 26.0 Å². The number of nitrogens with zero attached hydrogens (tertiary/aromatic N) is 3. The number of furan rings is 1. The number of aryl methyl sites for hydroxylation is 1. The number of rotatable bonds is 3. The lowest BCUT2D eigenvalue weighted by Crippen LogP contribution is -2.07. The number of aromatic amines is 1. The highest BCUT2D eigenvalue weighted by Gasteiger charge is 2.12. The molecule has 92 valence electrons. The topological polar surface area (TPSA) is 79.6 Å². The summed E-state index contributed by atoms with van der Waals surface area (Å²) in [6, 6.07) is 3.94. The summed E-state index contributed by atoms with van der Waals surface area (Å²) in [5.74, 6) is 2.52. The van der Waals surface area contributed by atoms with E-state index >= 15 is 0 Å². The SMILES string of the molecule is Cc1ccc(C(C)Nc2ncnc3[nH]ncc23)o1. The van der Waals surface area contributed by atoms with Crippen LogP contribution in [-0.4, -0.2) is 20.2 Å². The van der Waals surface area contributed by atoms with Gasteiger partial charge in [0, 0.05) is 0 Å². The third-order valence-corrected chi connectivity index (χ3v) is 2.79. The van der Waals surface area contributed by atoms with Gasteiger partial charge in [-0.3, -0.25) is 5.10 Å². The van der Waals surface area contributed by atoms with E-state index in [-0.39, 0.29) is 6.04 Å². The molecule has 3 heterocycles. The van der Waals surface area contributed by atoms with E-state index in [9.17, 15) is 0 Å². The number of aromatic nitrogens is 4. The van der Waals surface area contributed by atoms with Crippen molar-refractivity contribution in [3.63, 3.8) is 0 Å². The molecule has 0 saturated heterocycles. The van der Waals surface area contributed by atoms with Crippen molar-refractivity contribution >= 4 is 16.9 Å². The number of hydrogen-bond acceptors (Lipinski definition) is 5. The third kappa shape index (κ3) is 1.81. The van der Waals surface area contributed by atoms with Gasteiger partial charge in [0.1, 0.15) is 23.7 Å². The second kappa shape index (κ2) is 4.14. The molecule has 0 aliphatic carbocycles. The number of nitrogens with one attached hydrogen (secondary N) is 2. The fourth-order valence-electron chi connectivity index (χ4n) is 1.84. The molecule has 0 bridgehead atoms. The smallest absolute Gasteiger partial charge is 0.160 e. The van der Waals surface area contributed by atoms with E-state index in [0.717, 1.165) is 28.4 Å². The molecule has 0 spiro atoms. The Bertz CT molecular complexity index is 672. The van der Waals surface area contributed by atoms with Gasteiger partial charge in [0.2, 0.25) is 0 Å². The van der Waals surface area contributed by atoms with E-state index in [4.69, 9.17) is 4.42 Å². The maximum Gasteiger partial charge on any atom is 0.160 e. The van der Waals surface area contributed by atoms with Crippen LogP contribution in [0.3, 0.4) is 0 Å². The highest BCUT2D eigenvalue weighted by Crippen LogP contribution is 2.23. The minimum Gasteiger partial charge on any atom is -0.464 e. The molecule has 3 aromatic heterocycles. The van der Waals surface area contributed by atoms with Crippen molar-refractivity contribution in [2.75, 3.05) is 5.32 Å². The molecule has 1 unspecified atom stereocenters. The molecule has 2 N–H and O–H groups in total. The van der Waals surface area contributed by atoms with E-state index < -0.39 is 0 Å². The van der Waals surface area contributed by atoms with Crippen LogP contribution in [0, 0.1) is 6.92 Å². The fraction of sp³-hybridized carbons (Fsp3) is 0.250. The Kier molecular flexibility index (Phi) is 2.47. The van der Waals surface area contributed by atoms with Gasteiger partial charge in [0.25, 0.3) is 0 Å². The summed E-state index contributed by atoms with van der Waals surface area (Å²) in [6.45, 7) is 3.95. The average Bonchev–Trinajstić information content (AvgIpc) is 2.97. The highest BCUT2D eigenvalue weighted by atomic mass is 16.3. The molecule has 18 heavy (non-hydrogen) atoms. The third-order valence-electron chi connectivity index (χ3n) is 2.79. The second-order valence-electron chi connectivity index (χ2n) is 4.17. The monoisotopic (exact) mass is 243 g/mol. The quantitative estimate of drug-likeness (QED) is 0.738. The van der Waals surface area contributed by atoms with Crippen LogP contribution in [0.5, 0.6) is 0 Å². The van der Waals surface area contributed by atoms with Crippen molar-refractivity contribution in [1.29, 1.82) is 0 Å². The van der Waals surface area contributed by atoms with Gasteiger partial charge in [0.05, 0.1) is 17.6 Å². The van der Waals surface area contributed by atoms with Crippen molar-refractivity contribution in [3.05, 3.63) is 36.2 Å². The summed E-state index contributed by atoms with van der Waals surface area (Å²) in [6.07, 6.45) is 3.21. The molecule has 6 heteroatoms. The molecular formula is C12H13N5O. The first-order valence-corrected chi connectivity index (χ1v) is 5.71. The van der Waals surface area contributed by atoms with Gasteiger partial charge >= 0.3 is 0 Å². The van der Waals surface area contributed by atoms with E-state index in [1.807, 2.05) is 26.0 Å². The molecule has 3 aromatic rings. The van der Waals surface area contributed by atoms with E-state index in [0.29, 0.717) is 0 Å². The van der Waals surface area contributed by atoms with Crippen LogP contribution >= 0.6 is 0 Å². The number of fused-ring (bicyclic) bond motifs is 1. The van der Waals surface area contributed by atoms with Crippen LogP contribution in [0.15, 0.2) is 29.1 Å². The van der Waals surface area contributed by atoms with Crippen molar-refractivity contribution in [2.24, 2.45) is 0 Å². The minimum atomic E-state index is 0.0340. The molecule has 0 aliphatic rings. The normalized spacial score (nSPS) is 12.8. The maximum atomic E-state index is 5.58. The average molecular weight is 243 g/mol. The lowest BCUT2D eigenvalue weighted by atomic mass is 10.2. The molecule has 0 fully saturated rings. The summed E-state index contributed by atoms with van der Waals surface area (Å²) in [4.78, 5) is 8.32. The van der Waals surface area contributed by atoms with Gasteiger partial charge in [0.15, 0.2) is 5.65 Å². The van der Waals surface area contributed by atoms with Crippen molar-refractivity contribution in [2.45, 2.75) is 19.9 Å². The Balaban J connectivity index is 1.90. The lowest BCUT2D eigenvalue weighted by Gasteiger charge is -2.12. The number of anilines is 1. The molecule has 0 amide bonds. The Morgan fingerprint density at radius 2 is 2.22 bits per heavy atom. The van der Waals surface area contributed by atoms with Crippen LogP contribution in [0.1, 0.15) is 24.5 Å².